The molecule has 0 bridgehead atoms. The van der Waals surface area contributed by atoms with E-state index < -0.39 is 16.4 Å². The first kappa shape index (κ1) is 23.1. The molecule has 31 heavy (non-hydrogen) atoms. The second kappa shape index (κ2) is 8.88. The second-order valence-electron chi connectivity index (χ2n) is 7.38. The number of carbonyl (C=O) groups is 1. The van der Waals surface area contributed by atoms with Crippen LogP contribution in [0.4, 0.5) is 18.9 Å². The molecule has 1 amide bonds. The monoisotopic (exact) mass is 456 g/mol. The SMILES string of the molecule is Cc1ccccc1S(=O)(=O)N1CCC(C(=O)N(C)c2ccc(OC(F)(F)F)cc2)CC1. The van der Waals surface area contributed by atoms with Crippen molar-refractivity contribution >= 4 is 21.6 Å². The van der Waals surface area contributed by atoms with Crippen LogP contribution in [-0.4, -0.2) is 45.1 Å². The normalized spacial score (nSPS) is 16.2. The van der Waals surface area contributed by atoms with Crippen molar-refractivity contribution in [3.05, 3.63) is 54.1 Å². The van der Waals surface area contributed by atoms with Crippen molar-refractivity contribution in [3.8, 4) is 5.75 Å². The molecule has 3 rings (SSSR count). The maximum Gasteiger partial charge on any atom is 0.573 e. The lowest BCUT2D eigenvalue weighted by atomic mass is 9.96. The van der Waals surface area contributed by atoms with Crippen molar-refractivity contribution in [1.82, 2.24) is 4.31 Å². The number of piperidine rings is 1. The Morgan fingerprint density at radius 1 is 1.06 bits per heavy atom. The number of amides is 1. The Hall–Kier alpha value is -2.59. The van der Waals surface area contributed by atoms with Crippen molar-refractivity contribution in [2.24, 2.45) is 5.92 Å². The number of aryl methyl sites for hydroxylation is 1. The molecule has 0 radical (unpaired) electrons. The summed E-state index contributed by atoms with van der Waals surface area (Å²) >= 11 is 0. The van der Waals surface area contributed by atoms with E-state index in [0.29, 0.717) is 24.1 Å². The van der Waals surface area contributed by atoms with Gasteiger partial charge in [0.15, 0.2) is 0 Å². The third-order valence-electron chi connectivity index (χ3n) is 5.30. The molecule has 0 aromatic heterocycles. The van der Waals surface area contributed by atoms with Crippen molar-refractivity contribution in [2.75, 3.05) is 25.0 Å². The largest absolute Gasteiger partial charge is 0.573 e. The smallest absolute Gasteiger partial charge is 0.406 e. The summed E-state index contributed by atoms with van der Waals surface area (Å²) in [4.78, 5) is 14.5. The van der Waals surface area contributed by atoms with E-state index in [1.54, 1.807) is 38.2 Å². The molecule has 0 spiro atoms. The van der Waals surface area contributed by atoms with E-state index in [9.17, 15) is 26.4 Å². The Morgan fingerprint density at radius 3 is 2.19 bits per heavy atom. The van der Waals surface area contributed by atoms with Gasteiger partial charge in [-0.05, 0) is 55.7 Å². The highest BCUT2D eigenvalue weighted by Crippen LogP contribution is 2.29. The fourth-order valence-electron chi connectivity index (χ4n) is 3.60. The Bertz CT molecular complexity index is 1030. The number of anilines is 1. The minimum absolute atomic E-state index is 0.211. The predicted molar refractivity (Wildman–Crippen MR) is 109 cm³/mol. The standard InChI is InChI=1S/C21H23F3N2O4S/c1-15-5-3-4-6-19(15)31(28,29)26-13-11-16(12-14-26)20(27)25(2)17-7-9-18(10-8-17)30-21(22,23)24/h3-10,16H,11-14H2,1-2H3. The molecule has 1 saturated heterocycles. The number of halogens is 3. The summed E-state index contributed by atoms with van der Waals surface area (Å²) in [5, 5.41) is 0. The minimum Gasteiger partial charge on any atom is -0.406 e. The van der Waals surface area contributed by atoms with Crippen molar-refractivity contribution < 1.29 is 31.1 Å². The van der Waals surface area contributed by atoms with E-state index in [1.165, 1.54) is 21.3 Å². The van der Waals surface area contributed by atoms with Crippen molar-refractivity contribution in [2.45, 2.75) is 31.0 Å². The summed E-state index contributed by atoms with van der Waals surface area (Å²) in [6.45, 7) is 2.18. The first-order valence-electron chi connectivity index (χ1n) is 9.68. The molecule has 2 aromatic rings. The molecule has 168 valence electrons. The van der Waals surface area contributed by atoms with E-state index in [4.69, 9.17) is 0 Å². The van der Waals surface area contributed by atoms with Gasteiger partial charge in [-0.2, -0.15) is 4.31 Å². The molecule has 1 fully saturated rings. The average Bonchev–Trinajstić information content (AvgIpc) is 2.72. The number of rotatable bonds is 5. The van der Waals surface area contributed by atoms with E-state index in [-0.39, 0.29) is 35.6 Å². The van der Waals surface area contributed by atoms with Gasteiger partial charge < -0.3 is 9.64 Å². The van der Waals surface area contributed by atoms with Crippen LogP contribution in [-0.2, 0) is 14.8 Å². The lowest BCUT2D eigenvalue weighted by Gasteiger charge is -2.32. The molecule has 10 heteroatoms. The van der Waals surface area contributed by atoms with Gasteiger partial charge in [-0.25, -0.2) is 8.42 Å². The van der Waals surface area contributed by atoms with E-state index in [2.05, 4.69) is 4.74 Å². The molecule has 0 saturated carbocycles. The van der Waals surface area contributed by atoms with Crippen LogP contribution in [0.5, 0.6) is 5.75 Å². The van der Waals surface area contributed by atoms with Gasteiger partial charge >= 0.3 is 6.36 Å². The highest BCUT2D eigenvalue weighted by molar-refractivity contribution is 7.89. The topological polar surface area (TPSA) is 66.9 Å². The number of ether oxygens (including phenoxy) is 1. The van der Waals surface area contributed by atoms with Gasteiger partial charge in [-0.3, -0.25) is 4.79 Å². The summed E-state index contributed by atoms with van der Waals surface area (Å²) < 4.78 is 67.9. The highest BCUT2D eigenvalue weighted by Gasteiger charge is 2.34. The summed E-state index contributed by atoms with van der Waals surface area (Å²) in [5.41, 5.74) is 1.09. The van der Waals surface area contributed by atoms with Crippen LogP contribution in [0.1, 0.15) is 18.4 Å². The van der Waals surface area contributed by atoms with Crippen LogP contribution in [0.15, 0.2) is 53.4 Å². The molecular weight excluding hydrogens is 433 g/mol. The summed E-state index contributed by atoms with van der Waals surface area (Å²) in [5.74, 6) is -0.955. The van der Waals surface area contributed by atoms with Crippen molar-refractivity contribution in [3.63, 3.8) is 0 Å². The predicted octanol–water partition coefficient (Wildman–Crippen LogP) is 3.96. The number of hydrogen-bond acceptors (Lipinski definition) is 4. The molecule has 2 aromatic carbocycles. The quantitative estimate of drug-likeness (QED) is 0.683. The molecule has 6 nitrogen and oxygen atoms in total. The van der Waals surface area contributed by atoms with E-state index in [0.717, 1.165) is 12.1 Å². The number of nitrogens with zero attached hydrogens (tertiary/aromatic N) is 2. The van der Waals surface area contributed by atoms with Gasteiger partial charge in [0.1, 0.15) is 5.75 Å². The molecule has 1 aliphatic heterocycles. The number of hydrogen-bond donors (Lipinski definition) is 0. The van der Waals surface area contributed by atoms with Crippen LogP contribution in [0, 0.1) is 12.8 Å². The minimum atomic E-state index is -4.78. The fourth-order valence-corrected chi connectivity index (χ4v) is 5.30. The number of sulfonamides is 1. The Morgan fingerprint density at radius 2 is 1.65 bits per heavy atom. The van der Waals surface area contributed by atoms with Crippen LogP contribution < -0.4 is 9.64 Å². The maximum absolute atomic E-state index is 12.9. The molecule has 0 aliphatic carbocycles. The second-order valence-corrected chi connectivity index (χ2v) is 9.29. The summed E-state index contributed by atoms with van der Waals surface area (Å²) in [6, 6.07) is 11.8. The van der Waals surface area contributed by atoms with Crippen LogP contribution in [0.2, 0.25) is 0 Å². The van der Waals surface area contributed by atoms with Gasteiger partial charge in [0.05, 0.1) is 4.90 Å². The zero-order valence-electron chi connectivity index (χ0n) is 17.1. The van der Waals surface area contributed by atoms with Crippen LogP contribution >= 0.6 is 0 Å². The molecule has 0 N–H and O–H groups in total. The van der Waals surface area contributed by atoms with E-state index >= 15 is 0 Å². The molecular formula is C21H23F3N2O4S. The van der Waals surface area contributed by atoms with Gasteiger partial charge in [-0.1, -0.05) is 18.2 Å². The lowest BCUT2D eigenvalue weighted by molar-refractivity contribution is -0.274. The molecule has 1 aliphatic rings. The maximum atomic E-state index is 12.9. The van der Waals surface area contributed by atoms with E-state index in [1.807, 2.05) is 0 Å². The Balaban J connectivity index is 1.63. The van der Waals surface area contributed by atoms with Gasteiger partial charge in [-0.15, -0.1) is 13.2 Å². The third-order valence-corrected chi connectivity index (χ3v) is 7.36. The number of alkyl halides is 3. The average molecular weight is 456 g/mol. The highest BCUT2D eigenvalue weighted by atomic mass is 32.2. The van der Waals surface area contributed by atoms with Crippen LogP contribution in [0.25, 0.3) is 0 Å². The molecule has 0 atom stereocenters. The summed E-state index contributed by atoms with van der Waals surface area (Å²) in [7, 11) is -2.09. The fraction of sp³-hybridized carbons (Fsp3) is 0.381. The van der Waals surface area contributed by atoms with Gasteiger partial charge in [0, 0.05) is 31.7 Å². The zero-order valence-corrected chi connectivity index (χ0v) is 17.9. The zero-order chi connectivity index (χ0) is 22.8. The number of benzene rings is 2. The first-order chi connectivity index (χ1) is 14.5. The first-order valence-corrected chi connectivity index (χ1v) is 11.1. The van der Waals surface area contributed by atoms with Gasteiger partial charge in [0.2, 0.25) is 15.9 Å². The third kappa shape index (κ3) is 5.37. The lowest BCUT2D eigenvalue weighted by Crippen LogP contribution is -2.43. The Labute approximate surface area is 179 Å². The molecule has 1 heterocycles. The van der Waals surface area contributed by atoms with Crippen LogP contribution in [0.3, 0.4) is 0 Å². The van der Waals surface area contributed by atoms with Gasteiger partial charge in [0.25, 0.3) is 0 Å². The van der Waals surface area contributed by atoms with Crippen molar-refractivity contribution in [1.29, 1.82) is 0 Å². The molecule has 0 unspecified atom stereocenters. The Kier molecular flexibility index (Phi) is 6.61. The summed E-state index contributed by atoms with van der Waals surface area (Å²) in [6.07, 6.45) is -4.05. The number of carbonyl (C=O) groups excluding carboxylic acids is 1.